The first-order valence-corrected chi connectivity index (χ1v) is 6.83. The van der Waals surface area contributed by atoms with Gasteiger partial charge in [-0.25, -0.2) is 0 Å². The van der Waals surface area contributed by atoms with E-state index in [1.165, 1.54) is 16.5 Å². The van der Waals surface area contributed by atoms with Crippen molar-refractivity contribution in [3.63, 3.8) is 0 Å². The molecule has 0 fully saturated rings. The number of thiophene rings is 1. The largest absolute Gasteiger partial charge is 0.433 e. The third-order valence-electron chi connectivity index (χ3n) is 2.57. The Morgan fingerprint density at radius 1 is 1.37 bits per heavy atom. The lowest BCUT2D eigenvalue weighted by atomic mass is 10.2. The number of aryl methyl sites for hydroxylation is 1. The van der Waals surface area contributed by atoms with Gasteiger partial charge in [-0.1, -0.05) is 11.6 Å². The van der Waals surface area contributed by atoms with Crippen LogP contribution in [-0.2, 0) is 6.54 Å². The zero-order chi connectivity index (χ0) is 13.8. The van der Waals surface area contributed by atoms with Gasteiger partial charge in [0.1, 0.15) is 5.75 Å². The van der Waals surface area contributed by atoms with Gasteiger partial charge in [0.05, 0.1) is 5.02 Å². The minimum Gasteiger partial charge on any atom is -0.433 e. The molecule has 2 rings (SSSR count). The van der Waals surface area contributed by atoms with Crippen LogP contribution in [-0.4, -0.2) is 6.61 Å². The van der Waals surface area contributed by atoms with E-state index in [-0.39, 0.29) is 10.8 Å². The third-order valence-corrected chi connectivity index (χ3v) is 3.89. The fourth-order valence-corrected chi connectivity index (χ4v) is 2.64. The van der Waals surface area contributed by atoms with Crippen LogP contribution in [0.3, 0.4) is 0 Å². The highest BCUT2D eigenvalue weighted by Crippen LogP contribution is 2.29. The van der Waals surface area contributed by atoms with Crippen LogP contribution in [0.2, 0.25) is 5.02 Å². The Morgan fingerprint density at radius 2 is 2.16 bits per heavy atom. The maximum atomic E-state index is 12.1. The third kappa shape index (κ3) is 3.81. The Kier molecular flexibility index (Phi) is 4.61. The van der Waals surface area contributed by atoms with Crippen LogP contribution < -0.4 is 10.1 Å². The van der Waals surface area contributed by atoms with Gasteiger partial charge in [0, 0.05) is 17.1 Å². The Morgan fingerprint density at radius 3 is 2.74 bits per heavy atom. The summed E-state index contributed by atoms with van der Waals surface area (Å²) in [7, 11) is 0. The van der Waals surface area contributed by atoms with Crippen LogP contribution in [0.15, 0.2) is 29.6 Å². The van der Waals surface area contributed by atoms with E-state index in [1.807, 2.05) is 18.4 Å². The number of anilines is 1. The normalized spacial score (nSPS) is 10.8. The molecular formula is C13H12ClF2NOS. The van der Waals surface area contributed by atoms with Gasteiger partial charge < -0.3 is 10.1 Å². The molecular weight excluding hydrogens is 292 g/mol. The van der Waals surface area contributed by atoms with Crippen molar-refractivity contribution in [2.45, 2.75) is 20.1 Å². The number of alkyl halides is 2. The van der Waals surface area contributed by atoms with Crippen molar-refractivity contribution in [3.05, 3.63) is 45.1 Å². The zero-order valence-electron chi connectivity index (χ0n) is 10.1. The van der Waals surface area contributed by atoms with E-state index >= 15 is 0 Å². The molecule has 6 heteroatoms. The molecule has 0 unspecified atom stereocenters. The van der Waals surface area contributed by atoms with Crippen molar-refractivity contribution in [1.82, 2.24) is 0 Å². The molecule has 102 valence electrons. The lowest BCUT2D eigenvalue weighted by molar-refractivity contribution is -0.0497. The second-order valence-corrected chi connectivity index (χ2v) is 5.31. The van der Waals surface area contributed by atoms with Gasteiger partial charge >= 0.3 is 6.61 Å². The molecule has 0 aliphatic rings. The molecule has 0 atom stereocenters. The van der Waals surface area contributed by atoms with Crippen molar-refractivity contribution >= 4 is 28.6 Å². The Labute approximate surface area is 119 Å². The van der Waals surface area contributed by atoms with E-state index in [2.05, 4.69) is 10.1 Å². The molecule has 2 aromatic rings. The maximum absolute atomic E-state index is 12.1. The summed E-state index contributed by atoms with van der Waals surface area (Å²) in [5.41, 5.74) is 1.99. The van der Waals surface area contributed by atoms with E-state index in [0.717, 1.165) is 5.69 Å². The summed E-state index contributed by atoms with van der Waals surface area (Å²) < 4.78 is 28.4. The smallest absolute Gasteiger partial charge is 0.387 e. The number of nitrogens with one attached hydrogen (secondary N) is 1. The molecule has 1 aromatic heterocycles. The second kappa shape index (κ2) is 6.21. The number of hydrogen-bond acceptors (Lipinski definition) is 3. The van der Waals surface area contributed by atoms with Gasteiger partial charge in [-0.2, -0.15) is 8.78 Å². The quantitative estimate of drug-likeness (QED) is 0.846. The van der Waals surface area contributed by atoms with Crippen molar-refractivity contribution in [3.8, 4) is 5.75 Å². The molecule has 0 aliphatic carbocycles. The Bertz CT molecular complexity index is 559. The van der Waals surface area contributed by atoms with Gasteiger partial charge in [-0.05, 0) is 42.1 Å². The number of benzene rings is 1. The molecule has 1 N–H and O–H groups in total. The van der Waals surface area contributed by atoms with Crippen LogP contribution >= 0.6 is 22.9 Å². The lowest BCUT2D eigenvalue weighted by Crippen LogP contribution is -2.03. The summed E-state index contributed by atoms with van der Waals surface area (Å²) in [6.07, 6.45) is 0. The van der Waals surface area contributed by atoms with E-state index in [4.69, 9.17) is 11.6 Å². The van der Waals surface area contributed by atoms with Crippen molar-refractivity contribution in [2.24, 2.45) is 0 Å². The summed E-state index contributed by atoms with van der Waals surface area (Å²) in [6.45, 7) is -0.153. The first-order chi connectivity index (χ1) is 9.06. The number of hydrogen-bond donors (Lipinski definition) is 1. The van der Waals surface area contributed by atoms with Crippen molar-refractivity contribution in [1.29, 1.82) is 0 Å². The van der Waals surface area contributed by atoms with E-state index < -0.39 is 6.61 Å². The molecule has 1 heterocycles. The second-order valence-electron chi connectivity index (χ2n) is 3.90. The lowest BCUT2D eigenvalue weighted by Gasteiger charge is -2.10. The highest BCUT2D eigenvalue weighted by atomic mass is 35.5. The molecule has 0 radical (unpaired) electrons. The predicted molar refractivity (Wildman–Crippen MR) is 74.5 cm³/mol. The highest BCUT2D eigenvalue weighted by Gasteiger charge is 2.09. The molecule has 0 saturated carbocycles. The summed E-state index contributed by atoms with van der Waals surface area (Å²) in [5.74, 6) is -0.0190. The monoisotopic (exact) mass is 303 g/mol. The van der Waals surface area contributed by atoms with Crippen LogP contribution in [0.5, 0.6) is 5.75 Å². The standard InChI is InChI=1S/C13H12ClF2NOS/c1-8-4-5-19-12(8)7-17-9-2-3-11(10(14)6-9)18-13(15)16/h2-6,13,17H,7H2,1H3. The van der Waals surface area contributed by atoms with E-state index in [1.54, 1.807) is 23.5 Å². The van der Waals surface area contributed by atoms with Crippen LogP contribution in [0.1, 0.15) is 10.4 Å². The molecule has 0 saturated heterocycles. The van der Waals surface area contributed by atoms with E-state index in [9.17, 15) is 8.78 Å². The van der Waals surface area contributed by atoms with Gasteiger partial charge in [-0.15, -0.1) is 11.3 Å². The molecule has 2 nitrogen and oxygen atoms in total. The van der Waals surface area contributed by atoms with Gasteiger partial charge in [0.25, 0.3) is 0 Å². The summed E-state index contributed by atoms with van der Waals surface area (Å²) in [4.78, 5) is 1.23. The molecule has 0 bridgehead atoms. The first kappa shape index (κ1) is 14.1. The van der Waals surface area contributed by atoms with Gasteiger partial charge in [0.2, 0.25) is 0 Å². The minimum atomic E-state index is -2.87. The van der Waals surface area contributed by atoms with Crippen LogP contribution in [0.25, 0.3) is 0 Å². The Balaban J connectivity index is 2.02. The van der Waals surface area contributed by atoms with Crippen molar-refractivity contribution < 1.29 is 13.5 Å². The SMILES string of the molecule is Cc1ccsc1CNc1ccc(OC(F)F)c(Cl)c1. The predicted octanol–water partition coefficient (Wildman–Crippen LogP) is 4.92. The number of ether oxygens (including phenoxy) is 1. The number of rotatable bonds is 5. The average molecular weight is 304 g/mol. The molecule has 19 heavy (non-hydrogen) atoms. The Hall–Kier alpha value is -1.33. The zero-order valence-corrected chi connectivity index (χ0v) is 11.7. The average Bonchev–Trinajstić information content (AvgIpc) is 2.75. The summed E-state index contributed by atoms with van der Waals surface area (Å²) >= 11 is 7.53. The summed E-state index contributed by atoms with van der Waals surface area (Å²) in [6, 6.07) is 6.71. The van der Waals surface area contributed by atoms with Crippen LogP contribution in [0, 0.1) is 6.92 Å². The topological polar surface area (TPSA) is 21.3 Å². The molecule has 0 aliphatic heterocycles. The van der Waals surface area contributed by atoms with Crippen LogP contribution in [0.4, 0.5) is 14.5 Å². The fourth-order valence-electron chi connectivity index (χ4n) is 1.57. The summed E-state index contributed by atoms with van der Waals surface area (Å²) in [5, 5.41) is 5.38. The minimum absolute atomic E-state index is 0.0190. The van der Waals surface area contributed by atoms with Gasteiger partial charge in [-0.3, -0.25) is 0 Å². The first-order valence-electron chi connectivity index (χ1n) is 5.57. The van der Waals surface area contributed by atoms with E-state index in [0.29, 0.717) is 6.54 Å². The molecule has 0 amide bonds. The van der Waals surface area contributed by atoms with Crippen molar-refractivity contribution in [2.75, 3.05) is 5.32 Å². The highest BCUT2D eigenvalue weighted by molar-refractivity contribution is 7.10. The molecule has 0 spiro atoms. The van der Waals surface area contributed by atoms with Gasteiger partial charge in [0.15, 0.2) is 0 Å². The number of halogens is 3. The maximum Gasteiger partial charge on any atom is 0.387 e. The molecule has 1 aromatic carbocycles. The fraction of sp³-hybridized carbons (Fsp3) is 0.231.